The Morgan fingerprint density at radius 3 is 2.73 bits per heavy atom. The Hall–Kier alpha value is -2.96. The van der Waals surface area contributed by atoms with Gasteiger partial charge in [0.25, 0.3) is 5.69 Å². The van der Waals surface area contributed by atoms with E-state index in [2.05, 4.69) is 4.98 Å². The van der Waals surface area contributed by atoms with Gasteiger partial charge in [-0.1, -0.05) is 0 Å². The van der Waals surface area contributed by atoms with Crippen LogP contribution in [0.4, 0.5) is 21.5 Å². The van der Waals surface area contributed by atoms with Crippen LogP contribution in [0.3, 0.4) is 0 Å². The van der Waals surface area contributed by atoms with Gasteiger partial charge in [-0.15, -0.1) is 0 Å². The lowest BCUT2D eigenvalue weighted by Gasteiger charge is -2.20. The first-order chi connectivity index (χ1) is 10.5. The van der Waals surface area contributed by atoms with Gasteiger partial charge in [0.2, 0.25) is 0 Å². The number of nitro groups is 1. The number of aryl methyl sites for hydroxylation is 1. The van der Waals surface area contributed by atoms with Gasteiger partial charge in [0.1, 0.15) is 5.65 Å². The molecule has 0 aliphatic rings. The molecule has 112 valence electrons. The minimum atomic E-state index is -0.641. The molecule has 0 aliphatic heterocycles. The first kappa shape index (κ1) is 14.0. The third-order valence-electron chi connectivity index (χ3n) is 3.61. The van der Waals surface area contributed by atoms with Gasteiger partial charge in [-0.05, 0) is 18.2 Å². The van der Waals surface area contributed by atoms with E-state index in [9.17, 15) is 14.5 Å². The Morgan fingerprint density at radius 1 is 1.27 bits per heavy atom. The van der Waals surface area contributed by atoms with Gasteiger partial charge in [0.05, 0.1) is 22.4 Å². The van der Waals surface area contributed by atoms with Crippen molar-refractivity contribution >= 4 is 28.1 Å². The number of nitrogens with zero attached hydrogens (tertiary/aromatic N) is 4. The average molecular weight is 300 g/mol. The van der Waals surface area contributed by atoms with E-state index < -0.39 is 10.7 Å². The van der Waals surface area contributed by atoms with E-state index in [0.29, 0.717) is 0 Å². The number of aromatic nitrogens is 2. The van der Waals surface area contributed by atoms with Crippen molar-refractivity contribution < 1.29 is 9.31 Å². The molecule has 0 amide bonds. The maximum absolute atomic E-state index is 14.2. The highest BCUT2D eigenvalue weighted by molar-refractivity contribution is 5.92. The van der Waals surface area contributed by atoms with E-state index in [1.165, 1.54) is 12.1 Å². The molecule has 0 fully saturated rings. The molecule has 7 heteroatoms. The van der Waals surface area contributed by atoms with Crippen LogP contribution in [0.1, 0.15) is 0 Å². The second-order valence-electron chi connectivity index (χ2n) is 4.95. The molecule has 0 N–H and O–H groups in total. The molecule has 1 aromatic carbocycles. The second-order valence-corrected chi connectivity index (χ2v) is 4.95. The summed E-state index contributed by atoms with van der Waals surface area (Å²) in [5.41, 5.74) is 1.56. The van der Waals surface area contributed by atoms with Crippen molar-refractivity contribution in [1.82, 2.24) is 9.55 Å². The molecule has 2 heterocycles. The summed E-state index contributed by atoms with van der Waals surface area (Å²) in [4.78, 5) is 16.0. The number of pyridine rings is 1. The van der Waals surface area contributed by atoms with E-state index in [1.807, 2.05) is 23.9 Å². The number of nitro benzene ring substituents is 1. The Bertz CT molecular complexity index is 875. The zero-order valence-electron chi connectivity index (χ0n) is 12.0. The Labute approximate surface area is 125 Å². The number of hydrogen-bond donors (Lipinski definition) is 0. The number of non-ortho nitro benzene ring substituents is 1. The molecule has 0 atom stereocenters. The van der Waals surface area contributed by atoms with E-state index in [-0.39, 0.29) is 11.4 Å². The van der Waals surface area contributed by atoms with Crippen LogP contribution >= 0.6 is 0 Å². The van der Waals surface area contributed by atoms with Crippen LogP contribution in [0.2, 0.25) is 0 Å². The zero-order valence-corrected chi connectivity index (χ0v) is 12.0. The molecule has 0 bridgehead atoms. The fourth-order valence-corrected chi connectivity index (χ4v) is 2.45. The lowest BCUT2D eigenvalue weighted by atomic mass is 10.2. The van der Waals surface area contributed by atoms with Gasteiger partial charge >= 0.3 is 0 Å². The monoisotopic (exact) mass is 300 g/mol. The van der Waals surface area contributed by atoms with Gasteiger partial charge in [-0.25, -0.2) is 9.37 Å². The van der Waals surface area contributed by atoms with Crippen LogP contribution in [0, 0.1) is 15.9 Å². The third kappa shape index (κ3) is 2.16. The summed E-state index contributed by atoms with van der Waals surface area (Å²) in [7, 11) is 3.59. The molecule has 3 aromatic rings. The number of halogens is 1. The maximum Gasteiger partial charge on any atom is 0.272 e. The molecular formula is C15H13FN4O2. The zero-order chi connectivity index (χ0) is 15.9. The second kappa shape index (κ2) is 5.10. The summed E-state index contributed by atoms with van der Waals surface area (Å²) in [6.07, 6.45) is 3.53. The first-order valence-electron chi connectivity index (χ1n) is 6.57. The van der Waals surface area contributed by atoms with Crippen molar-refractivity contribution in [2.24, 2.45) is 7.05 Å². The van der Waals surface area contributed by atoms with Crippen molar-refractivity contribution in [3.63, 3.8) is 0 Å². The van der Waals surface area contributed by atoms with Gasteiger partial charge in [-0.3, -0.25) is 10.1 Å². The van der Waals surface area contributed by atoms with Crippen molar-refractivity contribution in [2.45, 2.75) is 0 Å². The third-order valence-corrected chi connectivity index (χ3v) is 3.61. The predicted molar refractivity (Wildman–Crippen MR) is 81.8 cm³/mol. The van der Waals surface area contributed by atoms with Crippen molar-refractivity contribution in [1.29, 1.82) is 0 Å². The number of anilines is 2. The van der Waals surface area contributed by atoms with Gasteiger partial charge < -0.3 is 9.47 Å². The van der Waals surface area contributed by atoms with Crippen LogP contribution in [-0.2, 0) is 7.05 Å². The molecule has 2 aromatic heterocycles. The highest BCUT2D eigenvalue weighted by atomic mass is 19.1. The minimum absolute atomic E-state index is 0.266. The minimum Gasteiger partial charge on any atom is -0.342 e. The van der Waals surface area contributed by atoms with E-state index in [4.69, 9.17) is 0 Å². The first-order valence-corrected chi connectivity index (χ1v) is 6.57. The summed E-state index contributed by atoms with van der Waals surface area (Å²) < 4.78 is 16.1. The van der Waals surface area contributed by atoms with E-state index in [0.717, 1.165) is 22.8 Å². The van der Waals surface area contributed by atoms with Crippen molar-refractivity contribution in [2.75, 3.05) is 11.9 Å². The Balaban J connectivity index is 2.10. The number of benzene rings is 1. The molecule has 0 spiro atoms. The van der Waals surface area contributed by atoms with E-state index >= 15 is 0 Å². The van der Waals surface area contributed by atoms with Gasteiger partial charge in [-0.2, -0.15) is 0 Å². The predicted octanol–water partition coefficient (Wildman–Crippen LogP) is 3.39. The number of fused-ring (bicyclic) bond motifs is 1. The lowest BCUT2D eigenvalue weighted by molar-refractivity contribution is -0.385. The topological polar surface area (TPSA) is 64.2 Å². The van der Waals surface area contributed by atoms with Crippen molar-refractivity contribution in [3.8, 4) is 0 Å². The molecule has 0 unspecified atom stereocenters. The molecule has 0 saturated carbocycles. The summed E-state index contributed by atoms with van der Waals surface area (Å²) >= 11 is 0. The molecule has 3 rings (SSSR count). The standard InChI is InChI=1S/C15H13FN4O2/c1-18-8-6-11-13(5-7-17-15(11)18)19(2)14-4-3-10(20(21)22)9-12(14)16/h3-9H,1-2H3. The smallest absolute Gasteiger partial charge is 0.272 e. The molecule has 6 nitrogen and oxygen atoms in total. The highest BCUT2D eigenvalue weighted by Crippen LogP contribution is 2.33. The Morgan fingerprint density at radius 2 is 2.05 bits per heavy atom. The SMILES string of the molecule is CN(c1ccc([N+](=O)[O-])cc1F)c1ccnc2c1ccn2C. The quantitative estimate of drug-likeness (QED) is 0.549. The van der Waals surface area contributed by atoms with E-state index in [1.54, 1.807) is 24.2 Å². The summed E-state index contributed by atoms with van der Waals surface area (Å²) in [6, 6.07) is 7.30. The molecule has 22 heavy (non-hydrogen) atoms. The van der Waals surface area contributed by atoms with Crippen molar-refractivity contribution in [3.05, 3.63) is 58.7 Å². The fourth-order valence-electron chi connectivity index (χ4n) is 2.45. The normalized spacial score (nSPS) is 10.9. The number of rotatable bonds is 3. The number of hydrogen-bond acceptors (Lipinski definition) is 4. The van der Waals surface area contributed by atoms with Crippen LogP contribution < -0.4 is 4.90 Å². The average Bonchev–Trinajstić information content (AvgIpc) is 2.88. The van der Waals surface area contributed by atoms with Crippen LogP contribution in [-0.4, -0.2) is 21.5 Å². The largest absolute Gasteiger partial charge is 0.342 e. The summed E-state index contributed by atoms with van der Waals surface area (Å²) in [6.45, 7) is 0. The van der Waals surface area contributed by atoms with Gasteiger partial charge in [0.15, 0.2) is 5.82 Å². The van der Waals surface area contributed by atoms with Crippen LogP contribution in [0.15, 0.2) is 42.7 Å². The summed E-state index contributed by atoms with van der Waals surface area (Å²) in [5.74, 6) is -0.641. The maximum atomic E-state index is 14.2. The fraction of sp³-hybridized carbons (Fsp3) is 0.133. The lowest BCUT2D eigenvalue weighted by Crippen LogP contribution is -2.12. The molecule has 0 aliphatic carbocycles. The van der Waals surface area contributed by atoms with Crippen LogP contribution in [0.5, 0.6) is 0 Å². The van der Waals surface area contributed by atoms with Gasteiger partial charge in [0, 0.05) is 37.9 Å². The van der Waals surface area contributed by atoms with Crippen LogP contribution in [0.25, 0.3) is 11.0 Å². The highest BCUT2D eigenvalue weighted by Gasteiger charge is 2.16. The Kier molecular flexibility index (Phi) is 3.25. The molecular weight excluding hydrogens is 287 g/mol. The summed E-state index contributed by atoms with van der Waals surface area (Å²) in [5, 5.41) is 11.6. The molecule has 0 radical (unpaired) electrons. The molecule has 0 saturated heterocycles.